The molecule has 36 heavy (non-hydrogen) atoms. The Morgan fingerprint density at radius 1 is 1.14 bits per heavy atom. The number of rotatable bonds is 8. The molecule has 0 saturated carbocycles. The van der Waals surface area contributed by atoms with E-state index in [2.05, 4.69) is 17.0 Å². The van der Waals surface area contributed by atoms with E-state index in [1.807, 2.05) is 4.90 Å². The van der Waals surface area contributed by atoms with Gasteiger partial charge in [-0.1, -0.05) is 25.5 Å². The molecule has 1 aliphatic rings. The maximum Gasteiger partial charge on any atom is 0.416 e. The first-order valence-electron chi connectivity index (χ1n) is 11.8. The van der Waals surface area contributed by atoms with E-state index in [4.69, 9.17) is 0 Å². The van der Waals surface area contributed by atoms with Crippen LogP contribution in [0.25, 0.3) is 0 Å². The van der Waals surface area contributed by atoms with E-state index in [1.165, 1.54) is 18.2 Å². The molecule has 0 aromatic heterocycles. The van der Waals surface area contributed by atoms with E-state index >= 15 is 0 Å². The van der Waals surface area contributed by atoms with Crippen molar-refractivity contribution in [2.24, 2.45) is 5.92 Å². The summed E-state index contributed by atoms with van der Waals surface area (Å²) in [6.45, 7) is 4.97. The van der Waals surface area contributed by atoms with Crippen molar-refractivity contribution < 1.29 is 30.8 Å². The van der Waals surface area contributed by atoms with E-state index in [0.717, 1.165) is 43.7 Å². The van der Waals surface area contributed by atoms with Gasteiger partial charge in [0.1, 0.15) is 5.82 Å². The fourth-order valence-electron chi connectivity index (χ4n) is 4.34. The Labute approximate surface area is 209 Å². The Bertz CT molecular complexity index is 1190. The number of carbonyl (C=O) groups is 1. The summed E-state index contributed by atoms with van der Waals surface area (Å²) >= 11 is 0. The first-order chi connectivity index (χ1) is 16.8. The second kappa shape index (κ2) is 11.1. The number of halogens is 4. The molecule has 11 heteroatoms. The van der Waals surface area contributed by atoms with Gasteiger partial charge in [0, 0.05) is 25.3 Å². The second-order valence-corrected chi connectivity index (χ2v) is 11.0. The summed E-state index contributed by atoms with van der Waals surface area (Å²) < 4.78 is 79.2. The third-order valence-corrected chi connectivity index (χ3v) is 7.17. The highest BCUT2D eigenvalue weighted by atomic mass is 32.2. The van der Waals surface area contributed by atoms with Crippen molar-refractivity contribution in [2.45, 2.75) is 51.7 Å². The molecular formula is C25H31F4N3O3S. The molecule has 6 nitrogen and oxygen atoms in total. The molecule has 3 rings (SSSR count). The SMILES string of the molecule is CCC1CCN(c2cc(C(F)(F)F)ccc2CNC(=O)C(C)c2ccc(NS(C)(=O)=O)c(F)c2)CC1. The van der Waals surface area contributed by atoms with Gasteiger partial charge < -0.3 is 10.2 Å². The van der Waals surface area contributed by atoms with Crippen LogP contribution in [0.3, 0.4) is 0 Å². The van der Waals surface area contributed by atoms with Gasteiger partial charge in [-0.05, 0) is 61.1 Å². The van der Waals surface area contributed by atoms with Gasteiger partial charge in [0.05, 0.1) is 23.4 Å². The van der Waals surface area contributed by atoms with E-state index < -0.39 is 39.4 Å². The molecule has 0 bridgehead atoms. The van der Waals surface area contributed by atoms with Crippen molar-refractivity contribution >= 4 is 27.3 Å². The number of nitrogens with zero attached hydrogens (tertiary/aromatic N) is 1. The number of benzene rings is 2. The highest BCUT2D eigenvalue weighted by molar-refractivity contribution is 7.92. The molecule has 0 spiro atoms. The molecule has 0 radical (unpaired) electrons. The Hall–Kier alpha value is -2.82. The predicted octanol–water partition coefficient (Wildman–Crippen LogP) is 5.26. The Morgan fingerprint density at radius 3 is 2.36 bits per heavy atom. The monoisotopic (exact) mass is 529 g/mol. The lowest BCUT2D eigenvalue weighted by atomic mass is 9.93. The van der Waals surface area contributed by atoms with Crippen LogP contribution in [-0.2, 0) is 27.5 Å². The Morgan fingerprint density at radius 2 is 1.81 bits per heavy atom. The number of carbonyl (C=O) groups excluding carboxylic acids is 1. The molecule has 198 valence electrons. The van der Waals surface area contributed by atoms with Crippen LogP contribution in [0.5, 0.6) is 0 Å². The molecular weight excluding hydrogens is 498 g/mol. The van der Waals surface area contributed by atoms with Crippen molar-refractivity contribution in [3.05, 3.63) is 58.9 Å². The minimum Gasteiger partial charge on any atom is -0.371 e. The van der Waals surface area contributed by atoms with Crippen LogP contribution in [0.4, 0.5) is 28.9 Å². The predicted molar refractivity (Wildman–Crippen MR) is 132 cm³/mol. The molecule has 1 aliphatic heterocycles. The quantitative estimate of drug-likeness (QED) is 0.457. The molecule has 2 aromatic rings. The zero-order chi connectivity index (χ0) is 26.7. The number of alkyl halides is 3. The second-order valence-electron chi connectivity index (χ2n) is 9.23. The summed E-state index contributed by atoms with van der Waals surface area (Å²) in [4.78, 5) is 14.7. The fourth-order valence-corrected chi connectivity index (χ4v) is 4.90. The minimum absolute atomic E-state index is 0.0144. The van der Waals surface area contributed by atoms with Crippen LogP contribution in [0.1, 0.15) is 55.7 Å². The molecule has 1 unspecified atom stereocenters. The van der Waals surface area contributed by atoms with Crippen LogP contribution < -0.4 is 14.9 Å². The van der Waals surface area contributed by atoms with Gasteiger partial charge in [0.25, 0.3) is 0 Å². The topological polar surface area (TPSA) is 78.5 Å². The summed E-state index contributed by atoms with van der Waals surface area (Å²) in [5, 5.41) is 2.75. The number of anilines is 2. The maximum atomic E-state index is 14.3. The van der Waals surface area contributed by atoms with E-state index in [-0.39, 0.29) is 12.2 Å². The van der Waals surface area contributed by atoms with Gasteiger partial charge in [-0.2, -0.15) is 13.2 Å². The zero-order valence-electron chi connectivity index (χ0n) is 20.5. The van der Waals surface area contributed by atoms with Gasteiger partial charge in [-0.25, -0.2) is 12.8 Å². The third kappa shape index (κ3) is 7.11. The van der Waals surface area contributed by atoms with Crippen molar-refractivity contribution in [1.82, 2.24) is 5.32 Å². The molecule has 1 atom stereocenters. The lowest BCUT2D eigenvalue weighted by Gasteiger charge is -2.35. The average molecular weight is 530 g/mol. The first-order valence-corrected chi connectivity index (χ1v) is 13.7. The van der Waals surface area contributed by atoms with Crippen molar-refractivity contribution in [1.29, 1.82) is 0 Å². The highest BCUT2D eigenvalue weighted by Gasteiger charge is 2.32. The number of hydrogen-bond acceptors (Lipinski definition) is 4. The largest absolute Gasteiger partial charge is 0.416 e. The lowest BCUT2D eigenvalue weighted by molar-refractivity contribution is -0.137. The van der Waals surface area contributed by atoms with Crippen LogP contribution in [-0.4, -0.2) is 33.7 Å². The normalized spacial score (nSPS) is 16.0. The summed E-state index contributed by atoms with van der Waals surface area (Å²) in [5.74, 6) is -1.48. The molecule has 2 aromatic carbocycles. The maximum absolute atomic E-state index is 14.3. The van der Waals surface area contributed by atoms with Crippen LogP contribution >= 0.6 is 0 Å². The number of amides is 1. The number of sulfonamides is 1. The summed E-state index contributed by atoms with van der Waals surface area (Å²) in [6.07, 6.45) is -0.757. The molecule has 1 fully saturated rings. The zero-order valence-corrected chi connectivity index (χ0v) is 21.3. The minimum atomic E-state index is -4.48. The van der Waals surface area contributed by atoms with E-state index in [1.54, 1.807) is 6.92 Å². The van der Waals surface area contributed by atoms with Crippen molar-refractivity contribution in [3.8, 4) is 0 Å². The standard InChI is InChI=1S/C25H31F4N3O3S/c1-4-17-9-11-32(12-10-17)23-14-20(25(27,28)29)7-5-19(23)15-30-24(33)16(2)18-6-8-22(21(26)13-18)31-36(3,34)35/h5-8,13-14,16-17,31H,4,9-12,15H2,1-3H3,(H,30,33). The smallest absolute Gasteiger partial charge is 0.371 e. The molecule has 0 aliphatic carbocycles. The Kier molecular flexibility index (Phi) is 8.53. The van der Waals surface area contributed by atoms with Crippen LogP contribution in [0, 0.1) is 11.7 Å². The molecule has 1 saturated heterocycles. The van der Waals surface area contributed by atoms with Gasteiger partial charge in [-0.15, -0.1) is 0 Å². The summed E-state index contributed by atoms with van der Waals surface area (Å²) in [7, 11) is -3.66. The van der Waals surface area contributed by atoms with E-state index in [0.29, 0.717) is 35.8 Å². The summed E-state index contributed by atoms with van der Waals surface area (Å²) in [5.41, 5.74) is 0.386. The average Bonchev–Trinajstić information content (AvgIpc) is 2.82. The lowest BCUT2D eigenvalue weighted by Crippen LogP contribution is -2.35. The first kappa shape index (κ1) is 27.8. The number of piperidine rings is 1. The van der Waals surface area contributed by atoms with Gasteiger partial charge in [-0.3, -0.25) is 9.52 Å². The number of nitrogens with one attached hydrogen (secondary N) is 2. The van der Waals surface area contributed by atoms with Gasteiger partial charge in [0.2, 0.25) is 15.9 Å². The molecule has 1 amide bonds. The van der Waals surface area contributed by atoms with Gasteiger partial charge in [0.15, 0.2) is 0 Å². The molecule has 2 N–H and O–H groups in total. The molecule has 1 heterocycles. The van der Waals surface area contributed by atoms with Crippen molar-refractivity contribution in [2.75, 3.05) is 29.0 Å². The fraction of sp³-hybridized carbons (Fsp3) is 0.480. The van der Waals surface area contributed by atoms with Gasteiger partial charge >= 0.3 is 6.18 Å². The van der Waals surface area contributed by atoms with Crippen LogP contribution in [0.2, 0.25) is 0 Å². The van der Waals surface area contributed by atoms with Crippen molar-refractivity contribution in [3.63, 3.8) is 0 Å². The third-order valence-electron chi connectivity index (χ3n) is 6.58. The van der Waals surface area contributed by atoms with Crippen LogP contribution in [0.15, 0.2) is 36.4 Å². The highest BCUT2D eigenvalue weighted by Crippen LogP contribution is 2.35. The Balaban J connectivity index is 1.75. The summed E-state index contributed by atoms with van der Waals surface area (Å²) in [6, 6.07) is 7.31. The van der Waals surface area contributed by atoms with E-state index in [9.17, 15) is 30.8 Å². The number of hydrogen-bond donors (Lipinski definition) is 2.